The van der Waals surface area contributed by atoms with Gasteiger partial charge in [0.1, 0.15) is 11.2 Å². The van der Waals surface area contributed by atoms with Crippen molar-refractivity contribution in [2.24, 2.45) is 0 Å². The number of rotatable bonds is 7. The Bertz CT molecular complexity index is 595. The Labute approximate surface area is 133 Å². The van der Waals surface area contributed by atoms with Crippen molar-refractivity contribution >= 4 is 29.6 Å². The Hall–Kier alpha value is -2.00. The van der Waals surface area contributed by atoms with Gasteiger partial charge in [-0.05, 0) is 23.7 Å². The molecule has 0 heterocycles. The summed E-state index contributed by atoms with van der Waals surface area (Å²) in [5.41, 5.74) is 0. The van der Waals surface area contributed by atoms with Crippen LogP contribution in [0, 0.1) is 0 Å². The quantitative estimate of drug-likeness (QED) is 0.737. The van der Waals surface area contributed by atoms with Crippen molar-refractivity contribution in [1.82, 2.24) is 0 Å². The number of hydrogen-bond acceptors (Lipinski definition) is 2. The zero-order valence-electron chi connectivity index (χ0n) is 13.2. The first-order valence-electron chi connectivity index (χ1n) is 7.69. The molecule has 0 N–H and O–H groups in total. The fourth-order valence-electron chi connectivity index (χ4n) is 2.78. The monoisotopic (exact) mass is 310 g/mol. The Morgan fingerprint density at radius 3 is 1.68 bits per heavy atom. The van der Waals surface area contributed by atoms with E-state index < -0.39 is 8.07 Å². The zero-order chi connectivity index (χ0) is 16.0. The second-order valence-electron chi connectivity index (χ2n) is 5.84. The number of carbonyl (C=O) groups excluding carboxylic acids is 2. The van der Waals surface area contributed by atoms with Crippen LogP contribution in [0.1, 0.15) is 26.2 Å². The van der Waals surface area contributed by atoms with Crippen molar-refractivity contribution in [3.8, 4) is 0 Å². The highest BCUT2D eigenvalue weighted by Gasteiger charge is 2.39. The maximum atomic E-state index is 13.0. The van der Waals surface area contributed by atoms with E-state index in [-0.39, 0.29) is 5.78 Å². The SMILES string of the molecule is CC(=O)CCCC(=O)[Si](C)(c1ccccc1)c1ccccc1. The van der Waals surface area contributed by atoms with Gasteiger partial charge in [0.25, 0.3) is 0 Å². The third kappa shape index (κ3) is 3.60. The first-order chi connectivity index (χ1) is 10.5. The highest BCUT2D eigenvalue weighted by atomic mass is 28.3. The molecule has 22 heavy (non-hydrogen) atoms. The average Bonchev–Trinajstić information content (AvgIpc) is 2.55. The van der Waals surface area contributed by atoms with Crippen LogP contribution in [0.4, 0.5) is 0 Å². The molecule has 0 aliphatic heterocycles. The van der Waals surface area contributed by atoms with Crippen LogP contribution in [0.3, 0.4) is 0 Å². The summed E-state index contributed by atoms with van der Waals surface area (Å²) in [4.78, 5) is 24.1. The maximum Gasteiger partial charge on any atom is 0.190 e. The second kappa shape index (κ2) is 7.32. The van der Waals surface area contributed by atoms with Crippen LogP contribution in [0.25, 0.3) is 0 Å². The molecule has 0 spiro atoms. The topological polar surface area (TPSA) is 34.1 Å². The molecule has 0 radical (unpaired) electrons. The normalized spacial score (nSPS) is 11.2. The van der Waals surface area contributed by atoms with Gasteiger partial charge in [0, 0.05) is 12.8 Å². The first-order valence-corrected chi connectivity index (χ1v) is 10.2. The summed E-state index contributed by atoms with van der Waals surface area (Å²) < 4.78 is 0. The van der Waals surface area contributed by atoms with E-state index in [2.05, 4.69) is 30.8 Å². The van der Waals surface area contributed by atoms with Crippen LogP contribution in [-0.2, 0) is 9.59 Å². The fraction of sp³-hybridized carbons (Fsp3) is 0.263. The molecule has 0 saturated carbocycles. The number of carbonyl (C=O) groups is 2. The Balaban J connectivity index is 2.34. The van der Waals surface area contributed by atoms with E-state index in [4.69, 9.17) is 0 Å². The van der Waals surface area contributed by atoms with Gasteiger partial charge >= 0.3 is 0 Å². The summed E-state index contributed by atoms with van der Waals surface area (Å²) >= 11 is 0. The van der Waals surface area contributed by atoms with Gasteiger partial charge in [-0.15, -0.1) is 0 Å². The lowest BCUT2D eigenvalue weighted by Gasteiger charge is -2.27. The van der Waals surface area contributed by atoms with Crippen molar-refractivity contribution in [3.63, 3.8) is 0 Å². The summed E-state index contributed by atoms with van der Waals surface area (Å²) in [6.07, 6.45) is 1.61. The van der Waals surface area contributed by atoms with E-state index >= 15 is 0 Å². The van der Waals surface area contributed by atoms with Gasteiger partial charge < -0.3 is 9.59 Å². The van der Waals surface area contributed by atoms with Crippen LogP contribution in [0.2, 0.25) is 6.55 Å². The van der Waals surface area contributed by atoms with Gasteiger partial charge in [0.15, 0.2) is 8.07 Å². The van der Waals surface area contributed by atoms with Gasteiger partial charge in [0.2, 0.25) is 0 Å². The Morgan fingerprint density at radius 2 is 1.27 bits per heavy atom. The molecule has 0 bridgehead atoms. The smallest absolute Gasteiger partial charge is 0.190 e. The van der Waals surface area contributed by atoms with Crippen LogP contribution >= 0.6 is 0 Å². The first kappa shape index (κ1) is 16.4. The van der Waals surface area contributed by atoms with Crippen molar-refractivity contribution in [2.45, 2.75) is 32.7 Å². The maximum absolute atomic E-state index is 13.0. The van der Waals surface area contributed by atoms with Gasteiger partial charge in [-0.1, -0.05) is 67.2 Å². The van der Waals surface area contributed by atoms with E-state index in [1.165, 1.54) is 0 Å². The van der Waals surface area contributed by atoms with Gasteiger partial charge in [-0.3, -0.25) is 0 Å². The molecule has 3 heteroatoms. The van der Waals surface area contributed by atoms with E-state index in [1.54, 1.807) is 6.92 Å². The minimum absolute atomic E-state index is 0.149. The number of benzene rings is 2. The predicted molar refractivity (Wildman–Crippen MR) is 93.3 cm³/mol. The number of ketones is 1. The summed E-state index contributed by atoms with van der Waals surface area (Å²) in [5, 5.41) is 2.56. The molecule has 0 amide bonds. The minimum Gasteiger partial charge on any atom is -0.305 e. The molecular weight excluding hydrogens is 288 g/mol. The molecule has 114 valence electrons. The van der Waals surface area contributed by atoms with Crippen LogP contribution in [-0.4, -0.2) is 19.3 Å². The van der Waals surface area contributed by atoms with E-state index in [0.717, 1.165) is 10.4 Å². The van der Waals surface area contributed by atoms with Crippen molar-refractivity contribution in [3.05, 3.63) is 60.7 Å². The summed E-state index contributed by atoms with van der Waals surface area (Å²) in [7, 11) is -2.43. The van der Waals surface area contributed by atoms with Crippen molar-refractivity contribution in [1.29, 1.82) is 0 Å². The van der Waals surface area contributed by atoms with Crippen molar-refractivity contribution < 1.29 is 9.59 Å². The standard InChI is InChI=1S/C19H22O2Si/c1-16(20)10-9-15-19(21)22(2,17-11-5-3-6-12-17)18-13-7-4-8-14-18/h3-8,11-14H,9-10,15H2,1-2H3. The fourth-order valence-corrected chi connectivity index (χ4v) is 6.15. The molecule has 2 aromatic carbocycles. The molecule has 2 nitrogen and oxygen atoms in total. The molecular formula is C19H22O2Si. The molecule has 2 rings (SSSR count). The molecule has 0 unspecified atom stereocenters. The predicted octanol–water partition coefficient (Wildman–Crippen LogP) is 2.75. The average molecular weight is 310 g/mol. The molecule has 0 aromatic heterocycles. The number of hydrogen-bond donors (Lipinski definition) is 0. The molecule has 0 saturated heterocycles. The highest BCUT2D eigenvalue weighted by molar-refractivity contribution is 7.21. The van der Waals surface area contributed by atoms with Crippen LogP contribution < -0.4 is 10.4 Å². The van der Waals surface area contributed by atoms with E-state index in [9.17, 15) is 9.59 Å². The zero-order valence-corrected chi connectivity index (χ0v) is 14.2. The Kier molecular flexibility index (Phi) is 5.44. The molecule has 0 atom stereocenters. The second-order valence-corrected chi connectivity index (χ2v) is 9.80. The van der Waals surface area contributed by atoms with Gasteiger partial charge in [0.05, 0.1) is 0 Å². The van der Waals surface area contributed by atoms with Gasteiger partial charge in [-0.2, -0.15) is 0 Å². The molecule has 0 fully saturated rings. The summed E-state index contributed by atoms with van der Waals surface area (Å²) in [6.45, 7) is 3.70. The lowest BCUT2D eigenvalue weighted by molar-refractivity contribution is -0.117. The highest BCUT2D eigenvalue weighted by Crippen LogP contribution is 2.12. The summed E-state index contributed by atoms with van der Waals surface area (Å²) in [5.74, 6) is 0.149. The van der Waals surface area contributed by atoms with Gasteiger partial charge in [-0.25, -0.2) is 0 Å². The summed E-state index contributed by atoms with van der Waals surface area (Å²) in [6, 6.07) is 20.2. The largest absolute Gasteiger partial charge is 0.305 e. The lowest BCUT2D eigenvalue weighted by Crippen LogP contribution is -2.62. The third-order valence-corrected chi connectivity index (χ3v) is 8.53. The third-order valence-electron chi connectivity index (χ3n) is 4.19. The van der Waals surface area contributed by atoms with Crippen molar-refractivity contribution in [2.75, 3.05) is 0 Å². The van der Waals surface area contributed by atoms with Crippen LogP contribution in [0.15, 0.2) is 60.7 Å². The Morgan fingerprint density at radius 1 is 0.818 bits per heavy atom. The lowest BCUT2D eigenvalue weighted by atomic mass is 10.2. The molecule has 0 aliphatic rings. The minimum atomic E-state index is -2.43. The molecule has 2 aromatic rings. The van der Waals surface area contributed by atoms with E-state index in [0.29, 0.717) is 24.7 Å². The van der Waals surface area contributed by atoms with Crippen LogP contribution in [0.5, 0.6) is 0 Å². The number of Topliss-reactive ketones (excluding diaryl/α,β-unsaturated/α-hetero) is 1. The van der Waals surface area contributed by atoms with E-state index in [1.807, 2.05) is 36.4 Å². The molecule has 0 aliphatic carbocycles.